The van der Waals surface area contributed by atoms with Crippen molar-refractivity contribution in [3.8, 4) is 5.75 Å². The van der Waals surface area contributed by atoms with Crippen LogP contribution in [0.3, 0.4) is 0 Å². The Labute approximate surface area is 202 Å². The Morgan fingerprint density at radius 1 is 1.06 bits per heavy atom. The maximum atomic E-state index is 12.9. The molecule has 3 heterocycles. The van der Waals surface area contributed by atoms with Crippen LogP contribution in [0.25, 0.3) is 0 Å². The monoisotopic (exact) mass is 464 g/mol. The first-order valence-electron chi connectivity index (χ1n) is 12.7. The number of piperazine rings is 1. The van der Waals surface area contributed by atoms with Crippen molar-refractivity contribution < 1.29 is 9.53 Å². The number of rotatable bonds is 8. The van der Waals surface area contributed by atoms with Crippen molar-refractivity contribution in [3.05, 3.63) is 36.7 Å². The van der Waals surface area contributed by atoms with Crippen LogP contribution in [-0.2, 0) is 4.79 Å². The molecule has 2 aromatic rings. The minimum Gasteiger partial charge on any atom is -0.497 e. The van der Waals surface area contributed by atoms with Crippen molar-refractivity contribution in [3.63, 3.8) is 0 Å². The van der Waals surface area contributed by atoms with E-state index in [1.54, 1.807) is 13.4 Å². The van der Waals surface area contributed by atoms with Crippen molar-refractivity contribution >= 4 is 23.2 Å². The SMILES string of the molecule is COc1cccc(N2CCN(C(=O)CC[C@H]3CCCN(c4cc(NC5CC5)ncn4)C3)CC2)c1. The number of nitrogens with one attached hydrogen (secondary N) is 1. The molecule has 182 valence electrons. The maximum Gasteiger partial charge on any atom is 0.222 e. The minimum atomic E-state index is 0.292. The first-order valence-corrected chi connectivity index (χ1v) is 12.7. The Morgan fingerprint density at radius 3 is 2.71 bits per heavy atom. The van der Waals surface area contributed by atoms with Gasteiger partial charge in [0.25, 0.3) is 0 Å². The predicted octanol–water partition coefficient (Wildman–Crippen LogP) is 3.40. The van der Waals surface area contributed by atoms with Crippen molar-refractivity contribution in [1.82, 2.24) is 14.9 Å². The summed E-state index contributed by atoms with van der Waals surface area (Å²) in [5, 5.41) is 3.46. The molecule has 3 fully saturated rings. The third-order valence-electron chi connectivity index (χ3n) is 7.24. The molecule has 1 aromatic heterocycles. The standard InChI is InChI=1S/C26H36N6O2/c1-34-23-6-2-5-22(16-23)30-12-14-31(15-13-30)26(33)10-7-20-4-3-11-32(18-20)25-17-24(27-19-28-25)29-21-8-9-21/h2,5-6,16-17,19-21H,3-4,7-15,18H2,1H3,(H,27,28,29)/t20-/m1/s1. The number of anilines is 3. The van der Waals surface area contributed by atoms with Gasteiger partial charge in [0.15, 0.2) is 0 Å². The van der Waals surface area contributed by atoms with Gasteiger partial charge in [-0.3, -0.25) is 4.79 Å². The van der Waals surface area contributed by atoms with Crippen molar-refractivity contribution in [2.75, 3.05) is 61.5 Å². The summed E-state index contributed by atoms with van der Waals surface area (Å²) in [4.78, 5) is 28.6. The zero-order chi connectivity index (χ0) is 23.3. The Hall–Kier alpha value is -3.03. The van der Waals surface area contributed by atoms with Crippen LogP contribution in [0.4, 0.5) is 17.3 Å². The summed E-state index contributed by atoms with van der Waals surface area (Å²) in [6.45, 7) is 5.28. The molecule has 8 heteroatoms. The lowest BCUT2D eigenvalue weighted by Crippen LogP contribution is -2.49. The summed E-state index contributed by atoms with van der Waals surface area (Å²) < 4.78 is 5.35. The van der Waals surface area contributed by atoms with E-state index in [4.69, 9.17) is 4.74 Å². The Morgan fingerprint density at radius 2 is 1.91 bits per heavy atom. The Bertz CT molecular complexity index is 973. The van der Waals surface area contributed by atoms with Gasteiger partial charge in [0, 0.05) is 69.6 Å². The highest BCUT2D eigenvalue weighted by molar-refractivity contribution is 5.76. The molecule has 2 saturated heterocycles. The van der Waals surface area contributed by atoms with E-state index in [2.05, 4.69) is 43.3 Å². The number of aromatic nitrogens is 2. The smallest absolute Gasteiger partial charge is 0.222 e. The maximum absolute atomic E-state index is 12.9. The van der Waals surface area contributed by atoms with Crippen molar-refractivity contribution in [1.29, 1.82) is 0 Å². The molecule has 3 aliphatic rings. The minimum absolute atomic E-state index is 0.292. The molecular weight excluding hydrogens is 428 g/mol. The van der Waals surface area contributed by atoms with Gasteiger partial charge in [-0.1, -0.05) is 6.07 Å². The quantitative estimate of drug-likeness (QED) is 0.642. The fourth-order valence-corrected chi connectivity index (χ4v) is 5.05. The summed E-state index contributed by atoms with van der Waals surface area (Å²) >= 11 is 0. The first kappa shape index (κ1) is 22.7. The lowest BCUT2D eigenvalue weighted by Gasteiger charge is -2.37. The van der Waals surface area contributed by atoms with Crippen molar-refractivity contribution in [2.24, 2.45) is 5.92 Å². The molecule has 0 spiro atoms. The number of benzene rings is 1. The molecule has 1 saturated carbocycles. The van der Waals surface area contributed by atoms with E-state index in [1.165, 1.54) is 19.3 Å². The Balaban J connectivity index is 1.08. The van der Waals surface area contributed by atoms with Gasteiger partial charge in [0.1, 0.15) is 23.7 Å². The number of carbonyl (C=O) groups is 1. The fraction of sp³-hybridized carbons (Fsp3) is 0.577. The van der Waals surface area contributed by atoms with Gasteiger partial charge in [-0.15, -0.1) is 0 Å². The van der Waals surface area contributed by atoms with Crippen LogP contribution >= 0.6 is 0 Å². The van der Waals surface area contributed by atoms with E-state index in [0.29, 0.717) is 24.3 Å². The lowest BCUT2D eigenvalue weighted by molar-refractivity contribution is -0.131. The molecule has 2 aliphatic heterocycles. The second-order valence-corrected chi connectivity index (χ2v) is 9.74. The zero-order valence-electron chi connectivity index (χ0n) is 20.2. The second-order valence-electron chi connectivity index (χ2n) is 9.74. The van der Waals surface area contributed by atoms with Crippen LogP contribution in [0, 0.1) is 5.92 Å². The van der Waals surface area contributed by atoms with Gasteiger partial charge < -0.3 is 24.8 Å². The average Bonchev–Trinajstić information content (AvgIpc) is 3.72. The molecule has 1 aromatic carbocycles. The van der Waals surface area contributed by atoms with Crippen LogP contribution < -0.4 is 19.9 Å². The highest BCUT2D eigenvalue weighted by atomic mass is 16.5. The molecule has 34 heavy (non-hydrogen) atoms. The third kappa shape index (κ3) is 5.72. The molecule has 0 bridgehead atoms. The number of hydrogen-bond donors (Lipinski definition) is 1. The third-order valence-corrected chi connectivity index (χ3v) is 7.24. The number of hydrogen-bond acceptors (Lipinski definition) is 7. The molecule has 0 unspecified atom stereocenters. The van der Waals surface area contributed by atoms with Crippen LogP contribution in [0.15, 0.2) is 36.7 Å². The molecule has 1 amide bonds. The van der Waals surface area contributed by atoms with E-state index in [9.17, 15) is 4.79 Å². The number of amides is 1. The number of nitrogens with zero attached hydrogens (tertiary/aromatic N) is 5. The van der Waals surface area contributed by atoms with Gasteiger partial charge in [-0.05, 0) is 50.2 Å². The molecule has 1 aliphatic carbocycles. The van der Waals surface area contributed by atoms with Crippen LogP contribution in [0.2, 0.25) is 0 Å². The van der Waals surface area contributed by atoms with Gasteiger partial charge in [-0.2, -0.15) is 0 Å². The fourth-order valence-electron chi connectivity index (χ4n) is 5.05. The van der Waals surface area contributed by atoms with E-state index in [0.717, 1.165) is 75.2 Å². The molecule has 8 nitrogen and oxygen atoms in total. The number of carbonyl (C=O) groups excluding carboxylic acids is 1. The van der Waals surface area contributed by atoms with Crippen molar-refractivity contribution in [2.45, 2.75) is 44.6 Å². The topological polar surface area (TPSA) is 73.8 Å². The van der Waals surface area contributed by atoms with E-state index < -0.39 is 0 Å². The number of ether oxygens (including phenoxy) is 1. The van der Waals surface area contributed by atoms with Gasteiger partial charge in [0.2, 0.25) is 5.91 Å². The number of piperidine rings is 1. The van der Waals surface area contributed by atoms with Crippen LogP contribution in [0.5, 0.6) is 5.75 Å². The largest absolute Gasteiger partial charge is 0.497 e. The summed E-state index contributed by atoms with van der Waals surface area (Å²) in [5.74, 6) is 3.63. The molecule has 0 radical (unpaired) electrons. The molecule has 5 rings (SSSR count). The first-order chi connectivity index (χ1) is 16.7. The molecular formula is C26H36N6O2. The highest BCUT2D eigenvalue weighted by Crippen LogP contribution is 2.28. The van der Waals surface area contributed by atoms with Gasteiger partial charge >= 0.3 is 0 Å². The van der Waals surface area contributed by atoms with E-state index in [1.807, 2.05) is 17.0 Å². The normalized spacial score (nSPS) is 20.9. The predicted molar refractivity (Wildman–Crippen MR) is 135 cm³/mol. The average molecular weight is 465 g/mol. The summed E-state index contributed by atoms with van der Waals surface area (Å²) in [5.41, 5.74) is 1.16. The van der Waals surface area contributed by atoms with Crippen LogP contribution in [-0.4, -0.2) is 73.2 Å². The van der Waals surface area contributed by atoms with E-state index in [-0.39, 0.29) is 0 Å². The number of methoxy groups -OCH3 is 1. The highest BCUT2D eigenvalue weighted by Gasteiger charge is 2.26. The molecule has 1 N–H and O–H groups in total. The molecule has 1 atom stereocenters. The summed E-state index contributed by atoms with van der Waals surface area (Å²) in [6.07, 6.45) is 8.04. The second kappa shape index (κ2) is 10.5. The zero-order valence-corrected chi connectivity index (χ0v) is 20.2. The lowest BCUT2D eigenvalue weighted by atomic mass is 9.93. The Kier molecular flexibility index (Phi) is 7.02. The summed E-state index contributed by atoms with van der Waals surface area (Å²) in [7, 11) is 1.69. The van der Waals surface area contributed by atoms with Gasteiger partial charge in [0.05, 0.1) is 7.11 Å². The summed E-state index contributed by atoms with van der Waals surface area (Å²) in [6, 6.07) is 10.8. The van der Waals surface area contributed by atoms with E-state index >= 15 is 0 Å². The van der Waals surface area contributed by atoms with Crippen LogP contribution in [0.1, 0.15) is 38.5 Å². The van der Waals surface area contributed by atoms with Gasteiger partial charge in [-0.25, -0.2) is 9.97 Å².